The number of aryl methyl sites for hydroxylation is 1. The molecule has 0 saturated heterocycles. The van der Waals surface area contributed by atoms with Crippen molar-refractivity contribution in [3.63, 3.8) is 0 Å². The van der Waals surface area contributed by atoms with E-state index in [1.165, 1.54) is 23.1 Å². The molecule has 34 heavy (non-hydrogen) atoms. The van der Waals surface area contributed by atoms with Crippen molar-refractivity contribution >= 4 is 27.5 Å². The molecule has 2 amide bonds. The molecule has 0 bridgehead atoms. The van der Waals surface area contributed by atoms with Crippen molar-refractivity contribution in [3.05, 3.63) is 65.5 Å². The Balaban J connectivity index is 2.41. The van der Waals surface area contributed by atoms with Crippen LogP contribution in [-0.2, 0) is 26.2 Å². The van der Waals surface area contributed by atoms with Gasteiger partial charge in [0.15, 0.2) is 0 Å². The Morgan fingerprint density at radius 3 is 2.26 bits per heavy atom. The minimum absolute atomic E-state index is 0.0449. The Morgan fingerprint density at radius 1 is 1.09 bits per heavy atom. The highest BCUT2D eigenvalue weighted by Crippen LogP contribution is 2.20. The monoisotopic (exact) mass is 491 g/mol. The van der Waals surface area contributed by atoms with Crippen molar-refractivity contribution in [1.82, 2.24) is 10.2 Å². The maximum absolute atomic E-state index is 13.8. The average molecular weight is 492 g/mol. The van der Waals surface area contributed by atoms with E-state index in [9.17, 15) is 22.4 Å². The number of carbonyl (C=O) groups is 2. The molecule has 0 fully saturated rings. The predicted molar refractivity (Wildman–Crippen MR) is 132 cm³/mol. The van der Waals surface area contributed by atoms with Gasteiger partial charge >= 0.3 is 0 Å². The first-order chi connectivity index (χ1) is 15.9. The Labute approximate surface area is 202 Å². The zero-order chi connectivity index (χ0) is 25.5. The van der Waals surface area contributed by atoms with Crippen molar-refractivity contribution < 1.29 is 22.4 Å². The fraction of sp³-hybridized carbons (Fsp3) is 0.440. The number of hydrogen-bond acceptors (Lipinski definition) is 4. The first kappa shape index (κ1) is 27.3. The maximum Gasteiger partial charge on any atom is 0.244 e. The van der Waals surface area contributed by atoms with Gasteiger partial charge in [-0.1, -0.05) is 56.7 Å². The van der Waals surface area contributed by atoms with Gasteiger partial charge in [0.2, 0.25) is 21.8 Å². The highest BCUT2D eigenvalue weighted by Gasteiger charge is 2.31. The zero-order valence-electron chi connectivity index (χ0n) is 20.4. The lowest BCUT2D eigenvalue weighted by Gasteiger charge is -2.33. The molecule has 7 nitrogen and oxygen atoms in total. The number of anilines is 1. The number of nitrogens with one attached hydrogen (secondary N) is 1. The summed E-state index contributed by atoms with van der Waals surface area (Å²) in [4.78, 5) is 27.9. The SMILES string of the molecule is CC[C@H](C(=O)NCC(C)C)N(Cc1ccc(C)cc1)C(=O)CN(c1cccc(F)c1)S(C)(=O)=O. The molecule has 0 radical (unpaired) electrons. The lowest BCUT2D eigenvalue weighted by atomic mass is 10.1. The van der Waals surface area contributed by atoms with E-state index in [0.29, 0.717) is 13.0 Å². The Morgan fingerprint density at radius 2 is 1.74 bits per heavy atom. The van der Waals surface area contributed by atoms with Crippen LogP contribution in [0.4, 0.5) is 10.1 Å². The molecule has 0 spiro atoms. The number of carbonyl (C=O) groups excluding carboxylic acids is 2. The van der Waals surface area contributed by atoms with Crippen LogP contribution in [0.5, 0.6) is 0 Å². The summed E-state index contributed by atoms with van der Waals surface area (Å²) in [7, 11) is -3.90. The number of sulfonamides is 1. The van der Waals surface area contributed by atoms with Gasteiger partial charge < -0.3 is 10.2 Å². The van der Waals surface area contributed by atoms with Crippen LogP contribution in [0.15, 0.2) is 48.5 Å². The van der Waals surface area contributed by atoms with E-state index in [1.807, 2.05) is 45.0 Å². The topological polar surface area (TPSA) is 86.8 Å². The molecular weight excluding hydrogens is 457 g/mol. The third-order valence-corrected chi connectivity index (χ3v) is 6.46. The number of amides is 2. The molecule has 0 saturated carbocycles. The Kier molecular flexibility index (Phi) is 9.61. The molecule has 1 N–H and O–H groups in total. The largest absolute Gasteiger partial charge is 0.354 e. The van der Waals surface area contributed by atoms with Gasteiger partial charge in [0.25, 0.3) is 0 Å². The molecule has 2 aromatic rings. The molecule has 0 heterocycles. The molecule has 2 aromatic carbocycles. The summed E-state index contributed by atoms with van der Waals surface area (Å²) < 4.78 is 39.7. The maximum atomic E-state index is 13.8. The molecule has 9 heteroatoms. The van der Waals surface area contributed by atoms with E-state index in [-0.39, 0.29) is 24.1 Å². The van der Waals surface area contributed by atoms with Crippen LogP contribution in [0.2, 0.25) is 0 Å². The Bertz CT molecular complexity index is 1090. The first-order valence-corrected chi connectivity index (χ1v) is 13.1. The van der Waals surface area contributed by atoms with Crippen LogP contribution in [0, 0.1) is 18.7 Å². The summed E-state index contributed by atoms with van der Waals surface area (Å²) in [5.74, 6) is -1.24. The number of benzene rings is 2. The smallest absolute Gasteiger partial charge is 0.244 e. The summed E-state index contributed by atoms with van der Waals surface area (Å²) in [6.07, 6.45) is 1.31. The van der Waals surface area contributed by atoms with Gasteiger partial charge in [-0.15, -0.1) is 0 Å². The van der Waals surface area contributed by atoms with Crippen LogP contribution in [0.25, 0.3) is 0 Å². The van der Waals surface area contributed by atoms with E-state index in [4.69, 9.17) is 0 Å². The summed E-state index contributed by atoms with van der Waals surface area (Å²) >= 11 is 0. The van der Waals surface area contributed by atoms with Crippen molar-refractivity contribution in [2.24, 2.45) is 5.92 Å². The van der Waals surface area contributed by atoms with E-state index in [2.05, 4.69) is 5.32 Å². The molecule has 0 aliphatic carbocycles. The van der Waals surface area contributed by atoms with Crippen LogP contribution >= 0.6 is 0 Å². The molecule has 0 aromatic heterocycles. The van der Waals surface area contributed by atoms with E-state index in [1.54, 1.807) is 6.92 Å². The van der Waals surface area contributed by atoms with Gasteiger partial charge in [0.05, 0.1) is 11.9 Å². The summed E-state index contributed by atoms with van der Waals surface area (Å²) in [6.45, 7) is 7.73. The normalized spacial score (nSPS) is 12.3. The van der Waals surface area contributed by atoms with Crippen molar-refractivity contribution in [3.8, 4) is 0 Å². The minimum atomic E-state index is -3.90. The minimum Gasteiger partial charge on any atom is -0.354 e. The highest BCUT2D eigenvalue weighted by molar-refractivity contribution is 7.92. The van der Waals surface area contributed by atoms with Gasteiger partial charge in [-0.3, -0.25) is 13.9 Å². The van der Waals surface area contributed by atoms with Crippen LogP contribution in [0.1, 0.15) is 38.3 Å². The average Bonchev–Trinajstić information content (AvgIpc) is 2.76. The third-order valence-electron chi connectivity index (χ3n) is 5.32. The molecule has 2 rings (SSSR count). The summed E-state index contributed by atoms with van der Waals surface area (Å²) in [6, 6.07) is 11.8. The lowest BCUT2D eigenvalue weighted by molar-refractivity contribution is -0.140. The second-order valence-electron chi connectivity index (χ2n) is 8.82. The summed E-state index contributed by atoms with van der Waals surface area (Å²) in [5, 5.41) is 2.87. The standard InChI is InChI=1S/C25H34FN3O4S/c1-6-23(25(31)27-15-18(2)3)28(16-20-12-10-19(4)11-13-20)24(30)17-29(34(5,32)33)22-9-7-8-21(26)14-22/h7-14,18,23H,6,15-17H2,1-5H3,(H,27,31)/t23-/m1/s1. The van der Waals surface area contributed by atoms with E-state index >= 15 is 0 Å². The summed E-state index contributed by atoms with van der Waals surface area (Å²) in [5.41, 5.74) is 1.91. The molecular formula is C25H34FN3O4S. The predicted octanol–water partition coefficient (Wildman–Crippen LogP) is 3.48. The van der Waals surface area contributed by atoms with Crippen LogP contribution in [-0.4, -0.2) is 50.5 Å². The molecule has 0 aliphatic heterocycles. The number of halogens is 1. The molecule has 1 atom stereocenters. The third kappa shape index (κ3) is 7.83. The lowest BCUT2D eigenvalue weighted by Crippen LogP contribution is -2.52. The number of rotatable bonds is 11. The fourth-order valence-corrected chi connectivity index (χ4v) is 4.32. The zero-order valence-corrected chi connectivity index (χ0v) is 21.2. The van der Waals surface area contributed by atoms with Gasteiger partial charge in [0.1, 0.15) is 18.4 Å². The van der Waals surface area contributed by atoms with Gasteiger partial charge in [0, 0.05) is 13.1 Å². The van der Waals surface area contributed by atoms with Gasteiger partial charge in [-0.25, -0.2) is 12.8 Å². The van der Waals surface area contributed by atoms with Crippen molar-refractivity contribution in [2.75, 3.05) is 23.7 Å². The molecule has 186 valence electrons. The second kappa shape index (κ2) is 12.0. The highest BCUT2D eigenvalue weighted by atomic mass is 32.2. The Hall–Kier alpha value is -2.94. The first-order valence-electron chi connectivity index (χ1n) is 11.3. The van der Waals surface area contributed by atoms with Crippen molar-refractivity contribution in [2.45, 2.75) is 46.7 Å². The number of nitrogens with zero attached hydrogens (tertiary/aromatic N) is 2. The fourth-order valence-electron chi connectivity index (χ4n) is 3.48. The van der Waals surface area contributed by atoms with Gasteiger partial charge in [-0.05, 0) is 43.0 Å². The molecule has 0 unspecified atom stereocenters. The number of hydrogen-bond donors (Lipinski definition) is 1. The van der Waals surface area contributed by atoms with Crippen molar-refractivity contribution in [1.29, 1.82) is 0 Å². The van der Waals surface area contributed by atoms with Gasteiger partial charge in [-0.2, -0.15) is 0 Å². The van der Waals surface area contributed by atoms with Crippen LogP contribution in [0.3, 0.4) is 0 Å². The van der Waals surface area contributed by atoms with E-state index < -0.39 is 34.3 Å². The molecule has 0 aliphatic rings. The second-order valence-corrected chi connectivity index (χ2v) is 10.7. The quantitative estimate of drug-likeness (QED) is 0.521. The van der Waals surface area contributed by atoms with Crippen LogP contribution < -0.4 is 9.62 Å². The van der Waals surface area contributed by atoms with E-state index in [0.717, 1.165) is 27.8 Å².